The number of piperidine rings is 1. The van der Waals surface area contributed by atoms with E-state index in [0.717, 1.165) is 30.4 Å². The van der Waals surface area contributed by atoms with Crippen LogP contribution in [0.2, 0.25) is 0 Å². The van der Waals surface area contributed by atoms with Crippen LogP contribution in [0.15, 0.2) is 60.7 Å². The molecule has 32 heavy (non-hydrogen) atoms. The summed E-state index contributed by atoms with van der Waals surface area (Å²) in [4.78, 5) is 41.4. The van der Waals surface area contributed by atoms with Crippen molar-refractivity contribution in [2.45, 2.75) is 44.7 Å². The maximum Gasteiger partial charge on any atom is 0.227 e. The second kappa shape index (κ2) is 10.4. The van der Waals surface area contributed by atoms with Crippen LogP contribution >= 0.6 is 0 Å². The van der Waals surface area contributed by atoms with Gasteiger partial charge in [-0.15, -0.1) is 0 Å². The Balaban J connectivity index is 1.20. The lowest BCUT2D eigenvalue weighted by Gasteiger charge is -2.33. The molecule has 168 valence electrons. The van der Waals surface area contributed by atoms with Crippen LogP contribution in [0.5, 0.6) is 0 Å². The van der Waals surface area contributed by atoms with Crippen LogP contribution in [-0.4, -0.2) is 53.2 Å². The fourth-order valence-electron chi connectivity index (χ4n) is 4.60. The largest absolute Gasteiger partial charge is 0.353 e. The molecule has 1 atom stereocenters. The molecule has 1 N–H and O–H groups in total. The van der Waals surface area contributed by atoms with Crippen LogP contribution < -0.4 is 5.32 Å². The van der Waals surface area contributed by atoms with Crippen molar-refractivity contribution in [1.29, 1.82) is 0 Å². The van der Waals surface area contributed by atoms with Gasteiger partial charge < -0.3 is 15.1 Å². The minimum absolute atomic E-state index is 0.0489. The van der Waals surface area contributed by atoms with E-state index in [4.69, 9.17) is 0 Å². The molecule has 2 aromatic rings. The van der Waals surface area contributed by atoms with Gasteiger partial charge in [0.2, 0.25) is 17.7 Å². The topological polar surface area (TPSA) is 69.7 Å². The molecule has 6 nitrogen and oxygen atoms in total. The van der Waals surface area contributed by atoms with Gasteiger partial charge in [-0.25, -0.2) is 0 Å². The van der Waals surface area contributed by atoms with E-state index in [0.29, 0.717) is 39.0 Å². The standard InChI is InChI=1S/C26H31N3O3/c30-24(12-11-20-7-3-1-4-8-20)27-23-13-15-28(16-14-23)26(32)22-17-25(31)29(19-22)18-21-9-5-2-6-10-21/h1-10,22-23H,11-19H2,(H,27,30). The summed E-state index contributed by atoms with van der Waals surface area (Å²) in [5.74, 6) is -0.0738. The van der Waals surface area contributed by atoms with Gasteiger partial charge in [0.05, 0.1) is 5.92 Å². The molecule has 2 aliphatic heterocycles. The predicted molar refractivity (Wildman–Crippen MR) is 122 cm³/mol. The van der Waals surface area contributed by atoms with Gasteiger partial charge >= 0.3 is 0 Å². The second-order valence-corrected chi connectivity index (χ2v) is 8.81. The number of benzene rings is 2. The molecule has 2 aliphatic rings. The average molecular weight is 434 g/mol. The Labute approximate surface area is 189 Å². The maximum absolute atomic E-state index is 13.0. The molecule has 2 aromatic carbocycles. The lowest BCUT2D eigenvalue weighted by atomic mass is 10.0. The fraction of sp³-hybridized carbons (Fsp3) is 0.423. The van der Waals surface area contributed by atoms with Crippen molar-refractivity contribution in [1.82, 2.24) is 15.1 Å². The molecule has 0 aromatic heterocycles. The summed E-state index contributed by atoms with van der Waals surface area (Å²) >= 11 is 0. The van der Waals surface area contributed by atoms with Crippen molar-refractivity contribution in [2.75, 3.05) is 19.6 Å². The number of amides is 3. The zero-order valence-corrected chi connectivity index (χ0v) is 18.4. The third-order valence-corrected chi connectivity index (χ3v) is 6.44. The lowest BCUT2D eigenvalue weighted by molar-refractivity contribution is -0.137. The number of hydrogen-bond donors (Lipinski definition) is 1. The van der Waals surface area contributed by atoms with E-state index in [1.165, 1.54) is 0 Å². The van der Waals surface area contributed by atoms with Gasteiger partial charge in [-0.3, -0.25) is 14.4 Å². The van der Waals surface area contributed by atoms with Crippen molar-refractivity contribution in [2.24, 2.45) is 5.92 Å². The van der Waals surface area contributed by atoms with Crippen molar-refractivity contribution in [3.8, 4) is 0 Å². The molecule has 2 saturated heterocycles. The van der Waals surface area contributed by atoms with Crippen molar-refractivity contribution in [3.05, 3.63) is 71.8 Å². The number of rotatable bonds is 7. The van der Waals surface area contributed by atoms with Crippen LogP contribution in [-0.2, 0) is 27.3 Å². The number of likely N-dealkylation sites (tertiary alicyclic amines) is 2. The van der Waals surface area contributed by atoms with Crippen molar-refractivity contribution in [3.63, 3.8) is 0 Å². The van der Waals surface area contributed by atoms with Crippen LogP contribution in [0, 0.1) is 5.92 Å². The summed E-state index contributed by atoms with van der Waals surface area (Å²) in [6.45, 7) is 2.31. The zero-order chi connectivity index (χ0) is 22.3. The quantitative estimate of drug-likeness (QED) is 0.730. The summed E-state index contributed by atoms with van der Waals surface area (Å²) in [5.41, 5.74) is 2.24. The SMILES string of the molecule is O=C(CCc1ccccc1)NC1CCN(C(=O)C2CC(=O)N(Cc3ccccc3)C2)CC1. The van der Waals surface area contributed by atoms with E-state index >= 15 is 0 Å². The number of nitrogens with zero attached hydrogens (tertiary/aromatic N) is 2. The Morgan fingerprint density at radius 1 is 0.906 bits per heavy atom. The molecular weight excluding hydrogens is 402 g/mol. The maximum atomic E-state index is 13.0. The summed E-state index contributed by atoms with van der Waals surface area (Å²) in [7, 11) is 0. The highest BCUT2D eigenvalue weighted by atomic mass is 16.2. The Hall–Kier alpha value is -3.15. The summed E-state index contributed by atoms with van der Waals surface area (Å²) in [6, 6.07) is 20.0. The molecule has 4 rings (SSSR count). The minimum Gasteiger partial charge on any atom is -0.353 e. The van der Waals surface area contributed by atoms with Gasteiger partial charge in [-0.2, -0.15) is 0 Å². The monoisotopic (exact) mass is 433 g/mol. The van der Waals surface area contributed by atoms with Crippen molar-refractivity contribution < 1.29 is 14.4 Å². The molecule has 1 unspecified atom stereocenters. The average Bonchev–Trinajstić information content (AvgIpc) is 3.19. The number of carbonyl (C=O) groups excluding carboxylic acids is 3. The second-order valence-electron chi connectivity index (χ2n) is 8.81. The molecule has 0 aliphatic carbocycles. The molecule has 6 heteroatoms. The van der Waals surface area contributed by atoms with Gasteiger partial charge in [0.15, 0.2) is 0 Å². The van der Waals surface area contributed by atoms with E-state index in [-0.39, 0.29) is 29.7 Å². The van der Waals surface area contributed by atoms with Crippen LogP contribution in [0.4, 0.5) is 0 Å². The van der Waals surface area contributed by atoms with E-state index in [9.17, 15) is 14.4 Å². The van der Waals surface area contributed by atoms with E-state index in [2.05, 4.69) is 5.32 Å². The molecule has 0 bridgehead atoms. The highest BCUT2D eigenvalue weighted by molar-refractivity contribution is 5.89. The summed E-state index contributed by atoms with van der Waals surface area (Å²) < 4.78 is 0. The van der Waals surface area contributed by atoms with Crippen LogP contribution in [0.25, 0.3) is 0 Å². The normalized spacial score (nSPS) is 19.2. The number of hydrogen-bond acceptors (Lipinski definition) is 3. The first kappa shape index (κ1) is 22.1. The highest BCUT2D eigenvalue weighted by Gasteiger charge is 2.37. The van der Waals surface area contributed by atoms with Gasteiger partial charge in [0.25, 0.3) is 0 Å². The first-order valence-corrected chi connectivity index (χ1v) is 11.5. The third kappa shape index (κ3) is 5.75. The van der Waals surface area contributed by atoms with Crippen LogP contribution in [0.3, 0.4) is 0 Å². The Morgan fingerprint density at radius 3 is 2.19 bits per heavy atom. The fourth-order valence-corrected chi connectivity index (χ4v) is 4.60. The smallest absolute Gasteiger partial charge is 0.227 e. The first-order valence-electron chi connectivity index (χ1n) is 11.5. The Bertz CT molecular complexity index is 924. The van der Waals surface area contributed by atoms with E-state index < -0.39 is 0 Å². The van der Waals surface area contributed by atoms with E-state index in [1.54, 1.807) is 4.90 Å². The van der Waals surface area contributed by atoms with Gasteiger partial charge in [0, 0.05) is 45.1 Å². The zero-order valence-electron chi connectivity index (χ0n) is 18.4. The summed E-state index contributed by atoms with van der Waals surface area (Å²) in [5, 5.41) is 3.12. The van der Waals surface area contributed by atoms with Gasteiger partial charge in [-0.05, 0) is 30.4 Å². The molecule has 0 saturated carbocycles. The minimum atomic E-state index is -0.261. The highest BCUT2D eigenvalue weighted by Crippen LogP contribution is 2.24. The summed E-state index contributed by atoms with van der Waals surface area (Å²) in [6.07, 6.45) is 3.03. The number of nitrogens with one attached hydrogen (secondary N) is 1. The molecule has 2 heterocycles. The van der Waals surface area contributed by atoms with E-state index in [1.807, 2.05) is 65.6 Å². The lowest BCUT2D eigenvalue weighted by Crippen LogP contribution is -2.48. The van der Waals surface area contributed by atoms with Crippen LogP contribution in [0.1, 0.15) is 36.8 Å². The molecular formula is C26H31N3O3. The third-order valence-electron chi connectivity index (χ3n) is 6.44. The molecule has 3 amide bonds. The Kier molecular flexibility index (Phi) is 7.20. The van der Waals surface area contributed by atoms with Gasteiger partial charge in [-0.1, -0.05) is 60.7 Å². The number of aryl methyl sites for hydroxylation is 1. The molecule has 2 fully saturated rings. The number of carbonyl (C=O) groups is 3. The Morgan fingerprint density at radius 2 is 1.53 bits per heavy atom. The first-order chi connectivity index (χ1) is 15.6. The molecule has 0 radical (unpaired) electrons. The van der Waals surface area contributed by atoms with Crippen molar-refractivity contribution >= 4 is 17.7 Å². The molecule has 0 spiro atoms. The van der Waals surface area contributed by atoms with Gasteiger partial charge in [0.1, 0.15) is 0 Å². The predicted octanol–water partition coefficient (Wildman–Crippen LogP) is 2.78.